The number of benzene rings is 1. The van der Waals surface area contributed by atoms with Gasteiger partial charge in [0, 0.05) is 5.92 Å². The first kappa shape index (κ1) is 10.3. The Morgan fingerprint density at radius 2 is 2.06 bits per heavy atom. The average Bonchev–Trinajstić information content (AvgIpc) is 2.90. The van der Waals surface area contributed by atoms with E-state index in [4.69, 9.17) is 14.2 Å². The highest BCUT2D eigenvalue weighted by atomic mass is 16.7. The average molecular weight is 220 g/mol. The lowest BCUT2D eigenvalue weighted by molar-refractivity contribution is -0.0909. The first-order valence-electron chi connectivity index (χ1n) is 5.82. The summed E-state index contributed by atoms with van der Waals surface area (Å²) < 4.78 is 16.9. The second-order valence-electron chi connectivity index (χ2n) is 4.36. The normalized spacial score (nSPS) is 32.9. The largest absolute Gasteiger partial charge is 0.371 e. The summed E-state index contributed by atoms with van der Waals surface area (Å²) in [7, 11) is 0. The van der Waals surface area contributed by atoms with Gasteiger partial charge in [0.15, 0.2) is 6.29 Å². The fourth-order valence-corrected chi connectivity index (χ4v) is 2.38. The van der Waals surface area contributed by atoms with Gasteiger partial charge in [0.2, 0.25) is 0 Å². The van der Waals surface area contributed by atoms with Crippen LogP contribution in [-0.4, -0.2) is 25.6 Å². The molecular formula is C13H16O3. The molecule has 0 aliphatic carbocycles. The van der Waals surface area contributed by atoms with E-state index in [-0.39, 0.29) is 12.4 Å². The van der Waals surface area contributed by atoms with Crippen molar-refractivity contribution in [2.45, 2.75) is 25.4 Å². The molecule has 2 aliphatic heterocycles. The second kappa shape index (κ2) is 4.53. The van der Waals surface area contributed by atoms with Crippen molar-refractivity contribution in [3.63, 3.8) is 0 Å². The molecule has 1 aromatic rings. The number of fused-ring (bicyclic) bond motifs is 1. The van der Waals surface area contributed by atoms with Crippen LogP contribution in [0.3, 0.4) is 0 Å². The van der Waals surface area contributed by atoms with Gasteiger partial charge < -0.3 is 14.2 Å². The summed E-state index contributed by atoms with van der Waals surface area (Å²) in [6.45, 7) is 2.14. The summed E-state index contributed by atoms with van der Waals surface area (Å²) in [5.41, 5.74) is 1.21. The predicted molar refractivity (Wildman–Crippen MR) is 58.8 cm³/mol. The number of hydrogen-bond acceptors (Lipinski definition) is 3. The van der Waals surface area contributed by atoms with E-state index in [0.717, 1.165) is 13.0 Å². The number of ether oxygens (including phenoxy) is 3. The van der Waals surface area contributed by atoms with Crippen LogP contribution in [0.2, 0.25) is 0 Å². The topological polar surface area (TPSA) is 27.7 Å². The Balaban J connectivity index is 1.56. The minimum atomic E-state index is -0.0132. The molecule has 3 heteroatoms. The van der Waals surface area contributed by atoms with Crippen molar-refractivity contribution < 1.29 is 14.2 Å². The fraction of sp³-hybridized carbons (Fsp3) is 0.538. The maximum atomic E-state index is 5.90. The zero-order valence-electron chi connectivity index (χ0n) is 9.17. The third-order valence-corrected chi connectivity index (χ3v) is 3.29. The Hall–Kier alpha value is -0.900. The molecule has 0 N–H and O–H groups in total. The van der Waals surface area contributed by atoms with Crippen molar-refractivity contribution in [3.05, 3.63) is 35.9 Å². The molecule has 3 nitrogen and oxygen atoms in total. The Bertz CT molecular complexity index is 338. The predicted octanol–water partition coefficient (Wildman–Crippen LogP) is 1.96. The third-order valence-electron chi connectivity index (χ3n) is 3.29. The van der Waals surface area contributed by atoms with Gasteiger partial charge in [-0.25, -0.2) is 0 Å². The van der Waals surface area contributed by atoms with Crippen molar-refractivity contribution in [2.24, 2.45) is 5.92 Å². The van der Waals surface area contributed by atoms with Crippen molar-refractivity contribution in [3.8, 4) is 0 Å². The van der Waals surface area contributed by atoms with Gasteiger partial charge in [-0.05, 0) is 12.0 Å². The van der Waals surface area contributed by atoms with Gasteiger partial charge >= 0.3 is 0 Å². The molecule has 86 valence electrons. The molecule has 0 bridgehead atoms. The molecule has 0 spiro atoms. The summed E-state index contributed by atoms with van der Waals surface area (Å²) in [5.74, 6) is 0.434. The maximum absolute atomic E-state index is 5.90. The van der Waals surface area contributed by atoms with Crippen molar-refractivity contribution in [1.82, 2.24) is 0 Å². The molecule has 2 heterocycles. The molecular weight excluding hydrogens is 204 g/mol. The van der Waals surface area contributed by atoms with Crippen molar-refractivity contribution in [1.29, 1.82) is 0 Å². The molecule has 3 atom stereocenters. The highest BCUT2D eigenvalue weighted by Crippen LogP contribution is 2.33. The lowest BCUT2D eigenvalue weighted by Crippen LogP contribution is -2.23. The van der Waals surface area contributed by atoms with Crippen LogP contribution in [0, 0.1) is 5.92 Å². The van der Waals surface area contributed by atoms with E-state index in [1.54, 1.807) is 0 Å². The van der Waals surface area contributed by atoms with Gasteiger partial charge in [0.25, 0.3) is 0 Å². The maximum Gasteiger partial charge on any atom is 0.163 e. The molecule has 1 aromatic carbocycles. The Kier molecular flexibility index (Phi) is 2.91. The van der Waals surface area contributed by atoms with Crippen LogP contribution in [0.4, 0.5) is 0 Å². The van der Waals surface area contributed by atoms with E-state index in [1.807, 2.05) is 18.2 Å². The zero-order valence-corrected chi connectivity index (χ0v) is 9.17. The number of rotatable bonds is 3. The van der Waals surface area contributed by atoms with E-state index < -0.39 is 0 Å². The van der Waals surface area contributed by atoms with Gasteiger partial charge in [-0.3, -0.25) is 0 Å². The molecule has 0 radical (unpaired) electrons. The molecule has 0 aromatic heterocycles. The lowest BCUT2D eigenvalue weighted by Gasteiger charge is -2.15. The molecule has 16 heavy (non-hydrogen) atoms. The highest BCUT2D eigenvalue weighted by molar-refractivity contribution is 5.13. The van der Waals surface area contributed by atoms with E-state index in [9.17, 15) is 0 Å². The summed E-state index contributed by atoms with van der Waals surface area (Å²) in [6, 6.07) is 10.2. The first-order valence-corrected chi connectivity index (χ1v) is 5.82. The van der Waals surface area contributed by atoms with Gasteiger partial charge in [-0.1, -0.05) is 30.3 Å². The Morgan fingerprint density at radius 3 is 2.94 bits per heavy atom. The number of hydrogen-bond donors (Lipinski definition) is 0. The van der Waals surface area contributed by atoms with Crippen LogP contribution >= 0.6 is 0 Å². The minimum absolute atomic E-state index is 0.0132. The van der Waals surface area contributed by atoms with Crippen LogP contribution < -0.4 is 0 Å². The van der Waals surface area contributed by atoms with Crippen LogP contribution in [0.15, 0.2) is 30.3 Å². The highest BCUT2D eigenvalue weighted by Gasteiger charge is 2.42. The summed E-state index contributed by atoms with van der Waals surface area (Å²) in [5, 5.41) is 0. The van der Waals surface area contributed by atoms with Gasteiger partial charge in [-0.2, -0.15) is 0 Å². The molecule has 2 saturated heterocycles. The lowest BCUT2D eigenvalue weighted by atomic mass is 10.0. The molecule has 0 amide bonds. The van der Waals surface area contributed by atoms with Gasteiger partial charge in [0.1, 0.15) is 0 Å². The van der Waals surface area contributed by atoms with Gasteiger partial charge in [-0.15, -0.1) is 0 Å². The van der Waals surface area contributed by atoms with Crippen molar-refractivity contribution in [2.75, 3.05) is 13.2 Å². The monoisotopic (exact) mass is 220 g/mol. The van der Waals surface area contributed by atoms with E-state index in [1.165, 1.54) is 5.56 Å². The van der Waals surface area contributed by atoms with Crippen LogP contribution in [0.1, 0.15) is 12.0 Å². The molecule has 2 fully saturated rings. The van der Waals surface area contributed by atoms with Crippen LogP contribution in [0.5, 0.6) is 0 Å². The molecule has 3 rings (SSSR count). The zero-order chi connectivity index (χ0) is 10.8. The Labute approximate surface area is 95.3 Å². The SMILES string of the molecule is c1ccc(COC2COC3OCCC23)cc1. The summed E-state index contributed by atoms with van der Waals surface area (Å²) in [4.78, 5) is 0. The third kappa shape index (κ3) is 1.98. The first-order chi connectivity index (χ1) is 7.93. The van der Waals surface area contributed by atoms with Gasteiger partial charge in [0.05, 0.1) is 25.9 Å². The van der Waals surface area contributed by atoms with E-state index in [0.29, 0.717) is 19.1 Å². The fourth-order valence-electron chi connectivity index (χ4n) is 2.38. The van der Waals surface area contributed by atoms with Crippen molar-refractivity contribution >= 4 is 0 Å². The summed E-state index contributed by atoms with van der Waals surface area (Å²) >= 11 is 0. The molecule has 2 aliphatic rings. The van der Waals surface area contributed by atoms with E-state index in [2.05, 4.69) is 12.1 Å². The standard InChI is InChI=1S/C13H16O3/c1-2-4-10(5-3-1)8-15-12-9-16-13-11(12)6-7-14-13/h1-5,11-13H,6-9H2. The second-order valence-corrected chi connectivity index (χ2v) is 4.36. The summed E-state index contributed by atoms with van der Waals surface area (Å²) in [6.07, 6.45) is 1.25. The van der Waals surface area contributed by atoms with Crippen LogP contribution in [-0.2, 0) is 20.8 Å². The minimum Gasteiger partial charge on any atom is -0.371 e. The smallest absolute Gasteiger partial charge is 0.163 e. The molecule has 3 unspecified atom stereocenters. The van der Waals surface area contributed by atoms with Crippen LogP contribution in [0.25, 0.3) is 0 Å². The van der Waals surface area contributed by atoms with E-state index >= 15 is 0 Å². The quantitative estimate of drug-likeness (QED) is 0.779. The Morgan fingerprint density at radius 1 is 1.19 bits per heavy atom. The molecule has 0 saturated carbocycles.